The summed E-state index contributed by atoms with van der Waals surface area (Å²) in [6.45, 7) is 0.697. The van der Waals surface area contributed by atoms with Gasteiger partial charge in [-0.3, -0.25) is 19.5 Å². The zero-order valence-corrected chi connectivity index (χ0v) is 17.0. The molecule has 1 N–H and O–H groups in total. The average molecular weight is 450 g/mol. The molecular weight excluding hydrogens is 434 g/mol. The number of hydrogen-bond acceptors (Lipinski definition) is 6. The summed E-state index contributed by atoms with van der Waals surface area (Å²) in [7, 11) is 0. The number of benzene rings is 2. The Hall–Kier alpha value is -4.27. The molecule has 1 aromatic heterocycles. The van der Waals surface area contributed by atoms with Crippen molar-refractivity contribution in [2.75, 3.05) is 18.1 Å². The van der Waals surface area contributed by atoms with Crippen LogP contribution in [0.1, 0.15) is 17.2 Å². The molecule has 0 saturated carbocycles. The number of ketones is 1. The van der Waals surface area contributed by atoms with Crippen molar-refractivity contribution in [2.24, 2.45) is 0 Å². The molecule has 33 heavy (non-hydrogen) atoms. The molecule has 3 heterocycles. The van der Waals surface area contributed by atoms with Crippen LogP contribution in [0, 0.1) is 11.6 Å². The molecule has 9 heteroatoms. The third kappa shape index (κ3) is 3.47. The van der Waals surface area contributed by atoms with E-state index in [9.17, 15) is 23.5 Å². The van der Waals surface area contributed by atoms with E-state index >= 15 is 0 Å². The van der Waals surface area contributed by atoms with Crippen molar-refractivity contribution in [1.29, 1.82) is 0 Å². The Balaban J connectivity index is 1.71. The standard InChI is InChI=1S/C24H16F2N2O5/c25-15-2-3-16(26)17(12-15)28-21(13-5-7-27-8-6-13)20(23(30)24(28)31)22(29)14-1-4-18-19(11-14)33-10-9-32-18/h1-8,11-12,21,29H,9-10H2/b22-20-. The molecule has 2 aliphatic heterocycles. The number of hydrogen-bond donors (Lipinski definition) is 1. The molecule has 2 aliphatic rings. The lowest BCUT2D eigenvalue weighted by Crippen LogP contribution is -2.30. The van der Waals surface area contributed by atoms with Gasteiger partial charge in [0.05, 0.1) is 17.3 Å². The number of aliphatic hydroxyl groups is 1. The Morgan fingerprint density at radius 1 is 0.970 bits per heavy atom. The third-order valence-electron chi connectivity index (χ3n) is 5.45. The van der Waals surface area contributed by atoms with Gasteiger partial charge in [0.25, 0.3) is 11.7 Å². The molecule has 7 nitrogen and oxygen atoms in total. The number of Topliss-reactive ketones (excluding diaryl/α,β-unsaturated/α-hetero) is 1. The highest BCUT2D eigenvalue weighted by Crippen LogP contribution is 2.43. The first-order valence-electron chi connectivity index (χ1n) is 10.0. The molecule has 3 aromatic rings. The number of fused-ring (bicyclic) bond motifs is 1. The van der Waals surface area contributed by atoms with Gasteiger partial charge in [-0.25, -0.2) is 8.78 Å². The summed E-state index contributed by atoms with van der Waals surface area (Å²) in [4.78, 5) is 30.9. The van der Waals surface area contributed by atoms with Crippen molar-refractivity contribution in [3.63, 3.8) is 0 Å². The van der Waals surface area contributed by atoms with Gasteiger partial charge in [-0.2, -0.15) is 0 Å². The molecule has 1 unspecified atom stereocenters. The molecule has 1 saturated heterocycles. The second-order valence-electron chi connectivity index (χ2n) is 7.40. The predicted octanol–water partition coefficient (Wildman–Crippen LogP) is 3.76. The fourth-order valence-corrected chi connectivity index (χ4v) is 3.96. The third-order valence-corrected chi connectivity index (χ3v) is 5.45. The van der Waals surface area contributed by atoms with Crippen LogP contribution in [0.5, 0.6) is 11.5 Å². The van der Waals surface area contributed by atoms with Crippen LogP contribution in [-0.4, -0.2) is 35.0 Å². The molecule has 1 atom stereocenters. The normalized spacial score (nSPS) is 19.1. The minimum Gasteiger partial charge on any atom is -0.507 e. The number of carbonyl (C=O) groups is 2. The average Bonchev–Trinajstić information content (AvgIpc) is 3.10. The van der Waals surface area contributed by atoms with Crippen LogP contribution >= 0.6 is 0 Å². The highest BCUT2D eigenvalue weighted by molar-refractivity contribution is 6.51. The van der Waals surface area contributed by atoms with Crippen molar-refractivity contribution in [1.82, 2.24) is 4.98 Å². The van der Waals surface area contributed by atoms with E-state index in [1.807, 2.05) is 0 Å². The first kappa shape index (κ1) is 20.6. The lowest BCUT2D eigenvalue weighted by Gasteiger charge is -2.25. The lowest BCUT2D eigenvalue weighted by atomic mass is 9.95. The van der Waals surface area contributed by atoms with E-state index in [1.54, 1.807) is 6.07 Å². The van der Waals surface area contributed by atoms with Gasteiger partial charge >= 0.3 is 0 Å². The van der Waals surface area contributed by atoms with E-state index in [4.69, 9.17) is 9.47 Å². The van der Waals surface area contributed by atoms with Crippen LogP contribution in [0.3, 0.4) is 0 Å². The van der Waals surface area contributed by atoms with E-state index in [0.717, 1.165) is 23.1 Å². The first-order valence-corrected chi connectivity index (χ1v) is 10.0. The monoisotopic (exact) mass is 450 g/mol. The van der Waals surface area contributed by atoms with Crippen LogP contribution in [0.2, 0.25) is 0 Å². The fourth-order valence-electron chi connectivity index (χ4n) is 3.96. The van der Waals surface area contributed by atoms with Crippen LogP contribution in [-0.2, 0) is 9.59 Å². The van der Waals surface area contributed by atoms with Gasteiger partial charge in [-0.1, -0.05) is 0 Å². The Labute approximate surface area is 186 Å². The van der Waals surface area contributed by atoms with Gasteiger partial charge in [0.15, 0.2) is 11.5 Å². The van der Waals surface area contributed by atoms with Crippen LogP contribution in [0.25, 0.3) is 5.76 Å². The summed E-state index contributed by atoms with van der Waals surface area (Å²) >= 11 is 0. The number of carbonyl (C=O) groups excluding carboxylic acids is 2. The second kappa shape index (κ2) is 8.01. The molecule has 0 radical (unpaired) electrons. The summed E-state index contributed by atoms with van der Waals surface area (Å²) < 4.78 is 39.6. The summed E-state index contributed by atoms with van der Waals surface area (Å²) in [6, 6.07) is 9.03. The number of anilines is 1. The van der Waals surface area contributed by atoms with Gasteiger partial charge in [0.2, 0.25) is 0 Å². The first-order chi connectivity index (χ1) is 16.0. The van der Waals surface area contributed by atoms with E-state index in [-0.39, 0.29) is 11.1 Å². The smallest absolute Gasteiger partial charge is 0.300 e. The number of halogens is 2. The van der Waals surface area contributed by atoms with Gasteiger partial charge < -0.3 is 14.6 Å². The fraction of sp³-hybridized carbons (Fsp3) is 0.125. The van der Waals surface area contributed by atoms with Crippen molar-refractivity contribution >= 4 is 23.1 Å². The van der Waals surface area contributed by atoms with E-state index in [1.165, 1.54) is 36.7 Å². The van der Waals surface area contributed by atoms with Gasteiger partial charge in [0, 0.05) is 24.0 Å². The van der Waals surface area contributed by atoms with Crippen molar-refractivity contribution in [2.45, 2.75) is 6.04 Å². The molecule has 0 bridgehead atoms. The summed E-state index contributed by atoms with van der Waals surface area (Å²) in [5.74, 6) is -3.44. The van der Waals surface area contributed by atoms with Crippen LogP contribution in [0.4, 0.5) is 14.5 Å². The Kier molecular flexibility index (Phi) is 5.01. The topological polar surface area (TPSA) is 89.0 Å². The van der Waals surface area contributed by atoms with Gasteiger partial charge in [0.1, 0.15) is 30.6 Å². The maximum atomic E-state index is 14.7. The van der Waals surface area contributed by atoms with Crippen LogP contribution in [0.15, 0.2) is 66.5 Å². The molecule has 1 amide bonds. The Morgan fingerprint density at radius 2 is 1.70 bits per heavy atom. The molecule has 5 rings (SSSR count). The molecule has 2 aromatic carbocycles. The number of ether oxygens (including phenoxy) is 2. The molecule has 0 aliphatic carbocycles. The summed E-state index contributed by atoms with van der Waals surface area (Å²) in [5, 5.41) is 11.1. The Morgan fingerprint density at radius 3 is 2.45 bits per heavy atom. The summed E-state index contributed by atoms with van der Waals surface area (Å²) in [6.07, 6.45) is 2.86. The second-order valence-corrected chi connectivity index (χ2v) is 7.40. The van der Waals surface area contributed by atoms with Crippen LogP contribution < -0.4 is 14.4 Å². The van der Waals surface area contributed by atoms with E-state index in [2.05, 4.69) is 4.98 Å². The minimum absolute atomic E-state index is 0.205. The number of rotatable bonds is 3. The Bertz CT molecular complexity index is 1310. The van der Waals surface area contributed by atoms with Gasteiger partial charge in [-0.15, -0.1) is 0 Å². The number of amides is 1. The highest BCUT2D eigenvalue weighted by atomic mass is 19.1. The van der Waals surface area contributed by atoms with Crippen molar-refractivity contribution in [3.8, 4) is 11.5 Å². The van der Waals surface area contributed by atoms with E-state index in [0.29, 0.717) is 30.3 Å². The number of pyridine rings is 1. The minimum atomic E-state index is -1.21. The molecule has 0 spiro atoms. The summed E-state index contributed by atoms with van der Waals surface area (Å²) in [5.41, 5.74) is -0.102. The number of aromatic nitrogens is 1. The van der Waals surface area contributed by atoms with Crippen molar-refractivity contribution in [3.05, 3.63) is 89.3 Å². The maximum Gasteiger partial charge on any atom is 0.300 e. The SMILES string of the molecule is O=C1C(=O)N(c2cc(F)ccc2F)C(c2ccncc2)/C1=C(/O)c1ccc2c(c1)OCCO2. The van der Waals surface area contributed by atoms with Crippen molar-refractivity contribution < 1.29 is 33.0 Å². The molecular formula is C24H16F2N2O5. The maximum absolute atomic E-state index is 14.7. The largest absolute Gasteiger partial charge is 0.507 e. The highest BCUT2D eigenvalue weighted by Gasteiger charge is 2.48. The lowest BCUT2D eigenvalue weighted by molar-refractivity contribution is -0.132. The number of nitrogens with zero attached hydrogens (tertiary/aromatic N) is 2. The zero-order chi connectivity index (χ0) is 23.1. The molecule has 1 fully saturated rings. The number of aliphatic hydroxyl groups excluding tert-OH is 1. The quantitative estimate of drug-likeness (QED) is 0.371. The zero-order valence-electron chi connectivity index (χ0n) is 17.0. The molecule has 166 valence electrons. The van der Waals surface area contributed by atoms with Gasteiger partial charge in [-0.05, 0) is 48.0 Å². The predicted molar refractivity (Wildman–Crippen MR) is 113 cm³/mol. The van der Waals surface area contributed by atoms with E-state index < -0.39 is 40.8 Å².